The number of nitrogens with two attached hydrogens (primary N) is 1. The Labute approximate surface area is 124 Å². The summed E-state index contributed by atoms with van der Waals surface area (Å²) in [5.41, 5.74) is 5.86. The number of carbonyl (C=O) groups is 2. The summed E-state index contributed by atoms with van der Waals surface area (Å²) in [5, 5.41) is 0. The predicted molar refractivity (Wildman–Crippen MR) is 78.4 cm³/mol. The van der Waals surface area contributed by atoms with Crippen LogP contribution in [0, 0.1) is 0 Å². The number of halogens is 1. The van der Waals surface area contributed by atoms with Gasteiger partial charge < -0.3 is 15.2 Å². The SMILES string of the molecule is COC(=O)CCCCOc1ccc(C(=O)CN)cc1.Cl. The summed E-state index contributed by atoms with van der Waals surface area (Å²) in [4.78, 5) is 22.2. The first kappa shape index (κ1) is 18.4. The Balaban J connectivity index is 0.00000361. The number of ether oxygens (including phenoxy) is 2. The lowest BCUT2D eigenvalue weighted by molar-refractivity contribution is -0.140. The monoisotopic (exact) mass is 301 g/mol. The number of unbranched alkanes of at least 4 members (excludes halogenated alkanes) is 1. The number of carbonyl (C=O) groups excluding carboxylic acids is 2. The number of esters is 1. The molecule has 0 fully saturated rings. The maximum Gasteiger partial charge on any atom is 0.305 e. The van der Waals surface area contributed by atoms with Gasteiger partial charge in [-0.25, -0.2) is 0 Å². The third kappa shape index (κ3) is 6.54. The average molecular weight is 302 g/mol. The zero-order valence-corrected chi connectivity index (χ0v) is 12.3. The third-order valence-corrected chi connectivity index (χ3v) is 2.63. The van der Waals surface area contributed by atoms with Gasteiger partial charge in [-0.15, -0.1) is 12.4 Å². The van der Waals surface area contributed by atoms with Gasteiger partial charge in [0.15, 0.2) is 5.78 Å². The molecule has 5 nitrogen and oxygen atoms in total. The molecule has 0 saturated carbocycles. The van der Waals surface area contributed by atoms with Gasteiger partial charge in [-0.3, -0.25) is 9.59 Å². The lowest BCUT2D eigenvalue weighted by Crippen LogP contribution is -2.13. The first-order chi connectivity index (χ1) is 9.17. The summed E-state index contributed by atoms with van der Waals surface area (Å²) < 4.78 is 10.0. The second kappa shape index (κ2) is 10.2. The van der Waals surface area contributed by atoms with E-state index in [2.05, 4.69) is 4.74 Å². The highest BCUT2D eigenvalue weighted by Gasteiger charge is 2.03. The highest BCUT2D eigenvalue weighted by molar-refractivity contribution is 5.97. The van der Waals surface area contributed by atoms with Crippen molar-refractivity contribution in [2.75, 3.05) is 20.3 Å². The molecule has 0 unspecified atom stereocenters. The Morgan fingerprint density at radius 3 is 2.35 bits per heavy atom. The van der Waals surface area contributed by atoms with Crippen LogP contribution in [0.1, 0.15) is 29.6 Å². The minimum Gasteiger partial charge on any atom is -0.494 e. The summed E-state index contributed by atoms with van der Waals surface area (Å²) in [6.07, 6.45) is 1.92. The lowest BCUT2D eigenvalue weighted by Gasteiger charge is -2.06. The number of methoxy groups -OCH3 is 1. The van der Waals surface area contributed by atoms with Gasteiger partial charge in [-0.2, -0.15) is 0 Å². The van der Waals surface area contributed by atoms with E-state index in [1.54, 1.807) is 24.3 Å². The zero-order chi connectivity index (χ0) is 14.1. The van der Waals surface area contributed by atoms with Crippen molar-refractivity contribution in [1.29, 1.82) is 0 Å². The quantitative estimate of drug-likeness (QED) is 0.451. The van der Waals surface area contributed by atoms with Crippen LogP contribution in [0.25, 0.3) is 0 Å². The van der Waals surface area contributed by atoms with Crippen LogP contribution < -0.4 is 10.5 Å². The van der Waals surface area contributed by atoms with Crippen molar-refractivity contribution in [2.24, 2.45) is 5.73 Å². The predicted octanol–water partition coefficient (Wildman–Crippen LogP) is 1.97. The zero-order valence-electron chi connectivity index (χ0n) is 11.5. The van der Waals surface area contributed by atoms with Crippen molar-refractivity contribution in [3.8, 4) is 5.75 Å². The number of hydrogen-bond acceptors (Lipinski definition) is 5. The minimum absolute atomic E-state index is 0. The van der Waals surface area contributed by atoms with Crippen LogP contribution >= 0.6 is 12.4 Å². The van der Waals surface area contributed by atoms with Crippen molar-refractivity contribution in [3.05, 3.63) is 29.8 Å². The molecule has 1 rings (SSSR count). The summed E-state index contributed by atoms with van der Waals surface area (Å²) >= 11 is 0. The van der Waals surface area contributed by atoms with Crippen molar-refractivity contribution in [2.45, 2.75) is 19.3 Å². The van der Waals surface area contributed by atoms with Crippen molar-refractivity contribution < 1.29 is 19.1 Å². The number of hydrogen-bond donors (Lipinski definition) is 1. The molecule has 1 aromatic carbocycles. The van der Waals surface area contributed by atoms with Crippen LogP contribution in [0.2, 0.25) is 0 Å². The molecule has 2 N–H and O–H groups in total. The Kier molecular flexibility index (Phi) is 9.41. The summed E-state index contributed by atoms with van der Waals surface area (Å²) in [6, 6.07) is 6.87. The van der Waals surface area contributed by atoms with E-state index in [4.69, 9.17) is 10.5 Å². The molecule has 0 spiro atoms. The first-order valence-electron chi connectivity index (χ1n) is 6.20. The minimum atomic E-state index is -0.204. The first-order valence-corrected chi connectivity index (χ1v) is 6.20. The molecule has 0 heterocycles. The van der Waals surface area contributed by atoms with Crippen molar-refractivity contribution >= 4 is 24.2 Å². The third-order valence-electron chi connectivity index (χ3n) is 2.63. The van der Waals surface area contributed by atoms with Crippen LogP contribution in [0.4, 0.5) is 0 Å². The van der Waals surface area contributed by atoms with E-state index in [9.17, 15) is 9.59 Å². The molecule has 0 aromatic heterocycles. The van der Waals surface area contributed by atoms with E-state index >= 15 is 0 Å². The largest absolute Gasteiger partial charge is 0.494 e. The van der Waals surface area contributed by atoms with E-state index in [1.165, 1.54) is 7.11 Å². The van der Waals surface area contributed by atoms with Gasteiger partial charge in [0.2, 0.25) is 0 Å². The Bertz CT molecular complexity index is 420. The van der Waals surface area contributed by atoms with Crippen LogP contribution in [-0.2, 0) is 9.53 Å². The molecule has 20 heavy (non-hydrogen) atoms. The van der Waals surface area contributed by atoms with Gasteiger partial charge in [0, 0.05) is 12.0 Å². The van der Waals surface area contributed by atoms with Crippen molar-refractivity contribution in [3.63, 3.8) is 0 Å². The van der Waals surface area contributed by atoms with Crippen LogP contribution in [0.5, 0.6) is 5.75 Å². The molecule has 0 bridgehead atoms. The van der Waals surface area contributed by atoms with E-state index in [0.29, 0.717) is 24.3 Å². The fraction of sp³-hybridized carbons (Fsp3) is 0.429. The number of benzene rings is 1. The molecular weight excluding hydrogens is 282 g/mol. The fourth-order valence-electron chi connectivity index (χ4n) is 1.52. The van der Waals surface area contributed by atoms with Gasteiger partial charge in [-0.1, -0.05) is 0 Å². The van der Waals surface area contributed by atoms with E-state index in [-0.39, 0.29) is 30.7 Å². The Morgan fingerprint density at radius 2 is 1.80 bits per heavy atom. The Hall–Kier alpha value is -1.59. The summed E-state index contributed by atoms with van der Waals surface area (Å²) in [6.45, 7) is 0.537. The normalized spacial score (nSPS) is 9.50. The van der Waals surface area contributed by atoms with Crippen LogP contribution in [-0.4, -0.2) is 32.0 Å². The molecule has 0 radical (unpaired) electrons. The molecular formula is C14H20ClNO4. The molecule has 0 aliphatic heterocycles. The fourth-order valence-corrected chi connectivity index (χ4v) is 1.52. The summed E-state index contributed by atoms with van der Waals surface area (Å²) in [7, 11) is 1.38. The highest BCUT2D eigenvalue weighted by Crippen LogP contribution is 2.13. The van der Waals surface area contributed by atoms with Gasteiger partial charge in [-0.05, 0) is 37.1 Å². The molecule has 0 aliphatic rings. The van der Waals surface area contributed by atoms with E-state index in [1.807, 2.05) is 0 Å². The average Bonchev–Trinajstić information content (AvgIpc) is 2.46. The molecule has 112 valence electrons. The number of ketones is 1. The molecule has 0 saturated heterocycles. The van der Waals surface area contributed by atoms with Gasteiger partial charge in [0.1, 0.15) is 5.75 Å². The van der Waals surface area contributed by atoms with E-state index in [0.717, 1.165) is 12.8 Å². The molecule has 0 amide bonds. The Morgan fingerprint density at radius 1 is 1.15 bits per heavy atom. The van der Waals surface area contributed by atoms with Gasteiger partial charge in [0.05, 0.1) is 20.3 Å². The number of Topliss-reactive ketones (excluding diaryl/α,β-unsaturated/α-hetero) is 1. The topological polar surface area (TPSA) is 78.6 Å². The van der Waals surface area contributed by atoms with Gasteiger partial charge in [0.25, 0.3) is 0 Å². The molecule has 0 atom stereocenters. The standard InChI is InChI=1S/C14H19NO4.ClH/c1-18-14(17)4-2-3-9-19-12-7-5-11(6-8-12)13(16)10-15;/h5-8H,2-4,9-10,15H2,1H3;1H. The van der Waals surface area contributed by atoms with Gasteiger partial charge >= 0.3 is 5.97 Å². The lowest BCUT2D eigenvalue weighted by atomic mass is 10.1. The highest BCUT2D eigenvalue weighted by atomic mass is 35.5. The van der Waals surface area contributed by atoms with Crippen molar-refractivity contribution in [1.82, 2.24) is 0 Å². The molecule has 6 heteroatoms. The summed E-state index contributed by atoms with van der Waals surface area (Å²) in [5.74, 6) is 0.404. The second-order valence-electron chi connectivity index (χ2n) is 4.03. The van der Waals surface area contributed by atoms with E-state index < -0.39 is 0 Å². The number of rotatable bonds is 8. The second-order valence-corrected chi connectivity index (χ2v) is 4.03. The molecule has 0 aliphatic carbocycles. The van der Waals surface area contributed by atoms with Crippen LogP contribution in [0.15, 0.2) is 24.3 Å². The maximum absolute atomic E-state index is 11.3. The van der Waals surface area contributed by atoms with Crippen LogP contribution in [0.3, 0.4) is 0 Å². The molecule has 1 aromatic rings. The smallest absolute Gasteiger partial charge is 0.305 e. The maximum atomic E-state index is 11.3.